The fourth-order valence-electron chi connectivity index (χ4n) is 0.619. The molecular formula is C6H7BrN2S2. The summed E-state index contributed by atoms with van der Waals surface area (Å²) in [6, 6.07) is 2.00. The van der Waals surface area contributed by atoms with Gasteiger partial charge in [-0.3, -0.25) is 0 Å². The fourth-order valence-corrected chi connectivity index (χ4v) is 2.12. The molecule has 0 aliphatic carbocycles. The molecule has 1 aromatic heterocycles. The van der Waals surface area contributed by atoms with Crippen molar-refractivity contribution in [2.75, 3.05) is 0 Å². The number of nitrogens with two attached hydrogens (primary N) is 1. The first-order valence-electron chi connectivity index (χ1n) is 2.95. The molecule has 0 aromatic carbocycles. The van der Waals surface area contributed by atoms with Crippen molar-refractivity contribution >= 4 is 44.6 Å². The van der Waals surface area contributed by atoms with Crippen LogP contribution in [-0.2, 0) is 6.54 Å². The third-order valence-electron chi connectivity index (χ3n) is 1.11. The Kier molecular flexibility index (Phi) is 3.29. The molecule has 0 saturated carbocycles. The van der Waals surface area contributed by atoms with Gasteiger partial charge in [0.05, 0.1) is 6.54 Å². The van der Waals surface area contributed by atoms with Gasteiger partial charge in [-0.2, -0.15) is 0 Å². The fraction of sp³-hybridized carbons (Fsp3) is 0.167. The quantitative estimate of drug-likeness (QED) is 0.788. The molecule has 0 aliphatic heterocycles. The van der Waals surface area contributed by atoms with E-state index in [1.807, 2.05) is 11.4 Å². The lowest BCUT2D eigenvalue weighted by molar-refractivity contribution is 0.936. The summed E-state index contributed by atoms with van der Waals surface area (Å²) in [6.07, 6.45) is 0. The van der Waals surface area contributed by atoms with Gasteiger partial charge in [0.25, 0.3) is 0 Å². The zero-order chi connectivity index (χ0) is 8.27. The Morgan fingerprint density at radius 2 is 2.55 bits per heavy atom. The van der Waals surface area contributed by atoms with Crippen LogP contribution in [0.1, 0.15) is 4.88 Å². The molecule has 0 fully saturated rings. The molecule has 1 rings (SSSR count). The Hall–Kier alpha value is -0.130. The van der Waals surface area contributed by atoms with E-state index in [1.54, 1.807) is 11.3 Å². The van der Waals surface area contributed by atoms with Gasteiger partial charge in [-0.05, 0) is 39.6 Å². The van der Waals surface area contributed by atoms with Gasteiger partial charge in [-0.15, -0.1) is 11.3 Å². The summed E-state index contributed by atoms with van der Waals surface area (Å²) in [7, 11) is 0. The van der Waals surface area contributed by atoms with Crippen LogP contribution in [0.3, 0.4) is 0 Å². The number of rotatable bonds is 2. The summed E-state index contributed by atoms with van der Waals surface area (Å²) >= 11 is 9.74. The first-order valence-corrected chi connectivity index (χ1v) is 5.03. The highest BCUT2D eigenvalue weighted by atomic mass is 79.9. The van der Waals surface area contributed by atoms with Crippen LogP contribution in [-0.4, -0.2) is 5.11 Å². The molecule has 11 heavy (non-hydrogen) atoms. The monoisotopic (exact) mass is 250 g/mol. The van der Waals surface area contributed by atoms with Crippen LogP contribution in [0.5, 0.6) is 0 Å². The molecule has 0 bridgehead atoms. The van der Waals surface area contributed by atoms with E-state index in [0.717, 1.165) is 4.47 Å². The predicted molar refractivity (Wildman–Crippen MR) is 55.6 cm³/mol. The van der Waals surface area contributed by atoms with Crippen molar-refractivity contribution in [1.82, 2.24) is 5.32 Å². The zero-order valence-electron chi connectivity index (χ0n) is 5.63. The average molecular weight is 251 g/mol. The van der Waals surface area contributed by atoms with Gasteiger partial charge in [0.2, 0.25) is 0 Å². The Morgan fingerprint density at radius 1 is 1.82 bits per heavy atom. The minimum absolute atomic E-state index is 0.338. The van der Waals surface area contributed by atoms with E-state index in [-0.39, 0.29) is 0 Å². The maximum atomic E-state index is 5.27. The summed E-state index contributed by atoms with van der Waals surface area (Å²) in [6.45, 7) is 0.702. The van der Waals surface area contributed by atoms with Crippen LogP contribution >= 0.6 is 39.5 Å². The van der Waals surface area contributed by atoms with Crippen LogP contribution in [0.15, 0.2) is 15.9 Å². The summed E-state index contributed by atoms with van der Waals surface area (Å²) in [5.74, 6) is 0. The number of thiocarbonyl (C=S) groups is 1. The van der Waals surface area contributed by atoms with E-state index < -0.39 is 0 Å². The van der Waals surface area contributed by atoms with Crippen molar-refractivity contribution in [1.29, 1.82) is 0 Å². The van der Waals surface area contributed by atoms with E-state index >= 15 is 0 Å². The summed E-state index contributed by atoms with van der Waals surface area (Å²) in [5, 5.41) is 5.23. The number of halogens is 1. The summed E-state index contributed by atoms with van der Waals surface area (Å²) in [4.78, 5) is 1.21. The van der Waals surface area contributed by atoms with Gasteiger partial charge in [0.15, 0.2) is 5.11 Å². The Labute approximate surface area is 82.9 Å². The second kappa shape index (κ2) is 4.04. The molecular weight excluding hydrogens is 244 g/mol. The topological polar surface area (TPSA) is 38.0 Å². The molecule has 0 radical (unpaired) electrons. The van der Waals surface area contributed by atoms with Crippen LogP contribution in [0, 0.1) is 0 Å². The van der Waals surface area contributed by atoms with E-state index in [1.165, 1.54) is 4.88 Å². The second-order valence-corrected chi connectivity index (χ2v) is 4.20. The Morgan fingerprint density at radius 3 is 3.00 bits per heavy atom. The maximum Gasteiger partial charge on any atom is 0.163 e. The maximum absolute atomic E-state index is 5.27. The van der Waals surface area contributed by atoms with Gasteiger partial charge < -0.3 is 11.1 Å². The number of hydrogen-bond acceptors (Lipinski definition) is 2. The van der Waals surface area contributed by atoms with Crippen LogP contribution in [0.4, 0.5) is 0 Å². The number of thiophene rings is 1. The Bertz CT molecular complexity index is 259. The lowest BCUT2D eigenvalue weighted by Gasteiger charge is -2.00. The SMILES string of the molecule is NC(=S)NCc1sccc1Br. The predicted octanol–water partition coefficient (Wildman–Crippen LogP) is 1.84. The highest BCUT2D eigenvalue weighted by Crippen LogP contribution is 2.21. The van der Waals surface area contributed by atoms with Gasteiger partial charge in [0, 0.05) is 9.35 Å². The van der Waals surface area contributed by atoms with Crippen molar-refractivity contribution in [2.45, 2.75) is 6.54 Å². The molecule has 1 aromatic rings. The molecule has 5 heteroatoms. The minimum Gasteiger partial charge on any atom is -0.376 e. The molecule has 0 amide bonds. The molecule has 3 N–H and O–H groups in total. The largest absolute Gasteiger partial charge is 0.376 e. The molecule has 2 nitrogen and oxygen atoms in total. The average Bonchev–Trinajstić information content (AvgIpc) is 2.31. The van der Waals surface area contributed by atoms with Crippen molar-refractivity contribution in [3.63, 3.8) is 0 Å². The molecule has 1 heterocycles. The van der Waals surface area contributed by atoms with Crippen molar-refractivity contribution in [2.24, 2.45) is 5.73 Å². The van der Waals surface area contributed by atoms with Crippen molar-refractivity contribution in [3.8, 4) is 0 Å². The number of hydrogen-bond donors (Lipinski definition) is 2. The lowest BCUT2D eigenvalue weighted by Crippen LogP contribution is -2.28. The van der Waals surface area contributed by atoms with Crippen LogP contribution in [0.2, 0.25) is 0 Å². The minimum atomic E-state index is 0.338. The summed E-state index contributed by atoms with van der Waals surface area (Å²) in [5.41, 5.74) is 5.27. The highest BCUT2D eigenvalue weighted by Gasteiger charge is 1.99. The molecule has 0 spiro atoms. The van der Waals surface area contributed by atoms with Gasteiger partial charge in [-0.25, -0.2) is 0 Å². The molecule has 0 unspecified atom stereocenters. The number of nitrogens with one attached hydrogen (secondary N) is 1. The molecule has 0 aliphatic rings. The molecule has 0 atom stereocenters. The smallest absolute Gasteiger partial charge is 0.163 e. The first-order chi connectivity index (χ1) is 5.20. The second-order valence-electron chi connectivity index (χ2n) is 1.91. The lowest BCUT2D eigenvalue weighted by atomic mass is 10.5. The third kappa shape index (κ3) is 2.76. The van der Waals surface area contributed by atoms with E-state index in [2.05, 4.69) is 33.5 Å². The summed E-state index contributed by atoms with van der Waals surface area (Å²) < 4.78 is 1.10. The van der Waals surface area contributed by atoms with Crippen molar-refractivity contribution in [3.05, 3.63) is 20.8 Å². The van der Waals surface area contributed by atoms with Gasteiger partial charge in [-0.1, -0.05) is 0 Å². The highest BCUT2D eigenvalue weighted by molar-refractivity contribution is 9.10. The Balaban J connectivity index is 2.51. The van der Waals surface area contributed by atoms with Gasteiger partial charge >= 0.3 is 0 Å². The van der Waals surface area contributed by atoms with Crippen molar-refractivity contribution < 1.29 is 0 Å². The molecule has 60 valence electrons. The zero-order valence-corrected chi connectivity index (χ0v) is 8.85. The normalized spacial score (nSPS) is 9.55. The standard InChI is InChI=1S/C6H7BrN2S2/c7-4-1-2-11-5(4)3-9-6(8)10/h1-2H,3H2,(H3,8,9,10). The van der Waals surface area contributed by atoms with E-state index in [9.17, 15) is 0 Å². The van der Waals surface area contributed by atoms with E-state index in [0.29, 0.717) is 11.7 Å². The first kappa shape index (κ1) is 8.96. The molecule has 0 saturated heterocycles. The van der Waals surface area contributed by atoms with Crippen LogP contribution in [0.25, 0.3) is 0 Å². The van der Waals surface area contributed by atoms with E-state index in [4.69, 9.17) is 5.73 Å². The van der Waals surface area contributed by atoms with Crippen LogP contribution < -0.4 is 11.1 Å². The van der Waals surface area contributed by atoms with Gasteiger partial charge in [0.1, 0.15) is 0 Å². The third-order valence-corrected chi connectivity index (χ3v) is 3.18.